The molecule has 0 aliphatic carbocycles. The molecule has 0 aromatic carbocycles. The van der Waals surface area contributed by atoms with Gasteiger partial charge in [-0.1, -0.05) is 6.08 Å². The van der Waals surface area contributed by atoms with E-state index in [1.54, 1.807) is 6.92 Å². The molecule has 0 radical (unpaired) electrons. The number of nitrogens with zero attached hydrogens (tertiary/aromatic N) is 1. The summed E-state index contributed by atoms with van der Waals surface area (Å²) >= 11 is 0. The van der Waals surface area contributed by atoms with Crippen LogP contribution in [0.1, 0.15) is 13.3 Å². The molecule has 0 saturated carbocycles. The van der Waals surface area contributed by atoms with Crippen LogP contribution >= 0.6 is 10.7 Å². The summed E-state index contributed by atoms with van der Waals surface area (Å²) < 4.78 is 22.3. The Labute approximate surface area is 75.4 Å². The maximum atomic E-state index is 10.9. The van der Waals surface area contributed by atoms with Crippen molar-refractivity contribution in [2.45, 2.75) is 18.9 Å². The molecule has 0 aromatic rings. The van der Waals surface area contributed by atoms with Gasteiger partial charge in [-0.25, -0.2) is 4.31 Å². The minimum Gasteiger partial charge on any atom is -0.274 e. The molecule has 0 bridgehead atoms. The van der Waals surface area contributed by atoms with Crippen molar-refractivity contribution in [3.63, 3.8) is 0 Å². The zero-order valence-electron chi connectivity index (χ0n) is 6.45. The van der Waals surface area contributed by atoms with Crippen LogP contribution in [0.4, 0.5) is 0 Å². The quantitative estimate of drug-likeness (QED) is 0.381. The highest BCUT2D eigenvalue weighted by molar-refractivity contribution is 8.12. The van der Waals surface area contributed by atoms with Crippen molar-refractivity contribution >= 4 is 25.8 Å². The van der Waals surface area contributed by atoms with E-state index in [9.17, 15) is 13.2 Å². The summed E-state index contributed by atoms with van der Waals surface area (Å²) in [4.78, 5) is 10.9. The van der Waals surface area contributed by atoms with Crippen molar-refractivity contribution in [2.75, 3.05) is 0 Å². The number of hydrogen-bond acceptors (Lipinski definition) is 3. The zero-order chi connectivity index (χ0) is 9.57. The first kappa shape index (κ1) is 9.54. The van der Waals surface area contributed by atoms with E-state index in [-0.39, 0.29) is 6.42 Å². The molecule has 1 aliphatic rings. The Bertz CT molecular complexity index is 337. The maximum absolute atomic E-state index is 10.9. The molecule has 1 fully saturated rings. The van der Waals surface area contributed by atoms with E-state index in [1.807, 2.05) is 0 Å². The number of carbonyl (C=O) groups is 1. The fourth-order valence-electron chi connectivity index (χ4n) is 1.17. The predicted octanol–water partition coefficient (Wildman–Crippen LogP) is 0.647. The maximum Gasteiger partial charge on any atom is 0.324 e. The highest BCUT2D eigenvalue weighted by atomic mass is 35.7. The summed E-state index contributed by atoms with van der Waals surface area (Å²) in [5, 5.41) is 0. The third-order valence-corrected chi connectivity index (χ3v) is 3.33. The van der Waals surface area contributed by atoms with Gasteiger partial charge in [0.1, 0.15) is 0 Å². The fourth-order valence-corrected chi connectivity index (χ4v) is 2.82. The van der Waals surface area contributed by atoms with E-state index < -0.39 is 20.7 Å². The number of amides is 1. The van der Waals surface area contributed by atoms with E-state index in [0.717, 1.165) is 0 Å². The average Bonchev–Trinajstić information content (AvgIpc) is 1.82. The molecule has 0 aromatic heterocycles. The molecule has 1 amide bonds. The van der Waals surface area contributed by atoms with E-state index in [4.69, 9.17) is 10.7 Å². The molecule has 1 heterocycles. The lowest BCUT2D eigenvalue weighted by Crippen LogP contribution is -2.61. The normalized spacial score (nSPS) is 29.8. The van der Waals surface area contributed by atoms with Crippen LogP contribution in [-0.4, -0.2) is 24.2 Å². The van der Waals surface area contributed by atoms with Crippen LogP contribution in [0.5, 0.6) is 0 Å². The molecular weight excluding hydrogens is 202 g/mol. The van der Waals surface area contributed by atoms with Crippen LogP contribution in [0.25, 0.3) is 0 Å². The smallest absolute Gasteiger partial charge is 0.274 e. The second-order valence-corrected chi connectivity index (χ2v) is 5.20. The van der Waals surface area contributed by atoms with E-state index in [0.29, 0.717) is 4.31 Å². The second-order valence-electron chi connectivity index (χ2n) is 2.84. The van der Waals surface area contributed by atoms with Crippen LogP contribution in [0, 0.1) is 0 Å². The number of rotatable bonds is 2. The van der Waals surface area contributed by atoms with Gasteiger partial charge in [0.05, 0.1) is 12.0 Å². The molecule has 1 unspecified atom stereocenters. The fraction of sp³-hybridized carbons (Fsp3) is 0.500. The Kier molecular flexibility index (Phi) is 1.96. The van der Waals surface area contributed by atoms with Crippen molar-refractivity contribution in [2.24, 2.45) is 0 Å². The molecule has 1 atom stereocenters. The monoisotopic (exact) mass is 209 g/mol. The van der Waals surface area contributed by atoms with Gasteiger partial charge in [0.15, 0.2) is 0 Å². The highest BCUT2D eigenvalue weighted by Gasteiger charge is 2.51. The van der Waals surface area contributed by atoms with Crippen molar-refractivity contribution in [1.82, 2.24) is 4.31 Å². The third-order valence-electron chi connectivity index (χ3n) is 1.86. The van der Waals surface area contributed by atoms with Crippen LogP contribution in [0.15, 0.2) is 12.7 Å². The Hall–Kier alpha value is -0.550. The molecule has 1 saturated heterocycles. The topological polar surface area (TPSA) is 54.5 Å². The molecule has 0 spiro atoms. The predicted molar refractivity (Wildman–Crippen MR) is 44.8 cm³/mol. The standard InChI is InChI=1S/C6H8ClNO3S/c1-3-6(2)4-5(9)8(6)12(7,10)11/h3H,1,4H2,2H3. The molecule has 4 nitrogen and oxygen atoms in total. The molecular formula is C6H8ClNO3S. The lowest BCUT2D eigenvalue weighted by atomic mass is 9.90. The number of halogens is 1. The van der Waals surface area contributed by atoms with Gasteiger partial charge in [0, 0.05) is 10.7 Å². The van der Waals surface area contributed by atoms with Crippen LogP contribution in [0.2, 0.25) is 0 Å². The van der Waals surface area contributed by atoms with E-state index in [1.165, 1.54) is 6.08 Å². The lowest BCUT2D eigenvalue weighted by molar-refractivity contribution is -0.140. The Morgan fingerprint density at radius 2 is 2.25 bits per heavy atom. The lowest BCUT2D eigenvalue weighted by Gasteiger charge is -2.44. The minimum atomic E-state index is -3.95. The van der Waals surface area contributed by atoms with Crippen LogP contribution < -0.4 is 0 Å². The molecule has 6 heteroatoms. The first-order chi connectivity index (χ1) is 5.31. The average molecular weight is 210 g/mol. The van der Waals surface area contributed by atoms with Gasteiger partial charge in [-0.3, -0.25) is 4.79 Å². The first-order valence-corrected chi connectivity index (χ1v) is 5.49. The molecule has 68 valence electrons. The van der Waals surface area contributed by atoms with Crippen molar-refractivity contribution in [1.29, 1.82) is 0 Å². The summed E-state index contributed by atoms with van der Waals surface area (Å²) in [5.74, 6) is -0.493. The van der Waals surface area contributed by atoms with Gasteiger partial charge >= 0.3 is 9.24 Å². The number of hydrogen-bond donors (Lipinski definition) is 0. The minimum absolute atomic E-state index is 0.141. The van der Waals surface area contributed by atoms with Gasteiger partial charge in [0.2, 0.25) is 5.91 Å². The first-order valence-electron chi connectivity index (χ1n) is 3.23. The van der Waals surface area contributed by atoms with Gasteiger partial charge in [-0.05, 0) is 6.92 Å². The van der Waals surface area contributed by atoms with Crippen LogP contribution in [-0.2, 0) is 14.0 Å². The summed E-state index contributed by atoms with van der Waals surface area (Å²) in [6.07, 6.45) is 1.54. The summed E-state index contributed by atoms with van der Waals surface area (Å²) in [6, 6.07) is 0. The molecule has 12 heavy (non-hydrogen) atoms. The van der Waals surface area contributed by atoms with Crippen LogP contribution in [0.3, 0.4) is 0 Å². The van der Waals surface area contributed by atoms with Crippen molar-refractivity contribution in [3.05, 3.63) is 12.7 Å². The molecule has 0 N–H and O–H groups in total. The van der Waals surface area contributed by atoms with Gasteiger partial charge in [-0.2, -0.15) is 8.42 Å². The Balaban J connectivity index is 3.05. The van der Waals surface area contributed by atoms with Crippen molar-refractivity contribution in [3.8, 4) is 0 Å². The van der Waals surface area contributed by atoms with Gasteiger partial charge < -0.3 is 0 Å². The second kappa shape index (κ2) is 2.47. The Morgan fingerprint density at radius 3 is 2.42 bits per heavy atom. The summed E-state index contributed by atoms with van der Waals surface area (Å²) in [5.41, 5.74) is -0.836. The molecule has 1 aliphatic heterocycles. The van der Waals surface area contributed by atoms with E-state index in [2.05, 4.69) is 6.58 Å². The van der Waals surface area contributed by atoms with Gasteiger partial charge in [-0.15, -0.1) is 6.58 Å². The highest BCUT2D eigenvalue weighted by Crippen LogP contribution is 2.36. The van der Waals surface area contributed by atoms with Crippen molar-refractivity contribution < 1.29 is 13.2 Å². The molecule has 1 rings (SSSR count). The van der Waals surface area contributed by atoms with E-state index >= 15 is 0 Å². The SMILES string of the molecule is C=CC1(C)CC(=O)N1S(=O)(=O)Cl. The number of carbonyl (C=O) groups excluding carboxylic acids is 1. The summed E-state index contributed by atoms with van der Waals surface area (Å²) in [7, 11) is 1.07. The third kappa shape index (κ3) is 1.23. The summed E-state index contributed by atoms with van der Waals surface area (Å²) in [6.45, 7) is 5.02. The zero-order valence-corrected chi connectivity index (χ0v) is 8.02. The Morgan fingerprint density at radius 1 is 1.75 bits per heavy atom. The van der Waals surface area contributed by atoms with Gasteiger partial charge in [0.25, 0.3) is 0 Å². The number of β-lactam (4-membered cyclic amide) rings is 1. The largest absolute Gasteiger partial charge is 0.324 e.